The SMILES string of the molecule is C=Cc1c(/C=C/CCCCC)cc(N)cc1/C(=C/C(NC=O)c1cccc(C)c1)C(=O)COC. The Morgan fingerprint density at radius 1 is 1.24 bits per heavy atom. The highest BCUT2D eigenvalue weighted by Gasteiger charge is 2.20. The largest absolute Gasteiger partial charge is 0.399 e. The summed E-state index contributed by atoms with van der Waals surface area (Å²) >= 11 is 0. The lowest BCUT2D eigenvalue weighted by Gasteiger charge is -2.18. The number of hydrogen-bond acceptors (Lipinski definition) is 4. The summed E-state index contributed by atoms with van der Waals surface area (Å²) in [6.07, 6.45) is 12.8. The Morgan fingerprint density at radius 2 is 2.03 bits per heavy atom. The lowest BCUT2D eigenvalue weighted by molar-refractivity contribution is -0.117. The third-order valence-corrected chi connectivity index (χ3v) is 5.56. The number of benzene rings is 2. The number of Topliss-reactive ketones (excluding diaryl/α,β-unsaturated/α-hetero) is 1. The maximum Gasteiger partial charge on any atom is 0.207 e. The molecule has 5 nitrogen and oxygen atoms in total. The molecule has 1 amide bonds. The third kappa shape index (κ3) is 7.56. The highest BCUT2D eigenvalue weighted by atomic mass is 16.5. The minimum Gasteiger partial charge on any atom is -0.399 e. The number of nitrogens with one attached hydrogen (secondary N) is 1. The molecule has 0 saturated carbocycles. The molecule has 34 heavy (non-hydrogen) atoms. The Labute approximate surface area is 203 Å². The topological polar surface area (TPSA) is 81.4 Å². The van der Waals surface area contributed by atoms with Crippen LogP contribution in [-0.4, -0.2) is 25.9 Å². The van der Waals surface area contributed by atoms with E-state index in [0.717, 1.165) is 35.1 Å². The minimum absolute atomic E-state index is 0.0962. The second-order valence-electron chi connectivity index (χ2n) is 8.29. The van der Waals surface area contributed by atoms with Gasteiger partial charge in [-0.1, -0.05) is 74.4 Å². The number of nitrogen functional groups attached to an aromatic ring is 1. The molecule has 0 radical (unpaired) electrons. The number of allylic oxidation sites excluding steroid dienone is 1. The molecule has 0 aliphatic heterocycles. The van der Waals surface area contributed by atoms with Gasteiger partial charge in [0.15, 0.2) is 5.78 Å². The summed E-state index contributed by atoms with van der Waals surface area (Å²) in [7, 11) is 1.48. The fourth-order valence-electron chi connectivity index (χ4n) is 3.90. The molecule has 2 aromatic rings. The van der Waals surface area contributed by atoms with Crippen LogP contribution in [0.15, 0.2) is 55.1 Å². The molecule has 0 aliphatic rings. The first kappa shape index (κ1) is 26.8. The average Bonchev–Trinajstić information content (AvgIpc) is 2.81. The zero-order chi connectivity index (χ0) is 24.9. The lowest BCUT2D eigenvalue weighted by Crippen LogP contribution is -2.20. The number of ether oxygens (including phenoxy) is 1. The summed E-state index contributed by atoms with van der Waals surface area (Å²) < 4.78 is 5.16. The summed E-state index contributed by atoms with van der Waals surface area (Å²) in [6.45, 7) is 8.06. The molecule has 2 rings (SSSR count). The fraction of sp³-hybridized carbons (Fsp3) is 0.310. The van der Waals surface area contributed by atoms with Crippen molar-refractivity contribution in [3.05, 3.63) is 82.9 Å². The van der Waals surface area contributed by atoms with Gasteiger partial charge in [-0.3, -0.25) is 9.59 Å². The molecule has 0 fully saturated rings. The Bertz CT molecular complexity index is 1050. The zero-order valence-electron chi connectivity index (χ0n) is 20.5. The highest BCUT2D eigenvalue weighted by molar-refractivity contribution is 6.22. The Kier molecular flexibility index (Phi) is 11.0. The zero-order valence-corrected chi connectivity index (χ0v) is 20.5. The fourth-order valence-corrected chi connectivity index (χ4v) is 3.90. The Hall–Kier alpha value is -3.44. The van der Waals surface area contributed by atoms with Crippen LogP contribution in [0.4, 0.5) is 5.69 Å². The minimum atomic E-state index is -0.500. The van der Waals surface area contributed by atoms with Crippen molar-refractivity contribution in [1.29, 1.82) is 0 Å². The van der Waals surface area contributed by atoms with Crippen LogP contribution in [-0.2, 0) is 14.3 Å². The molecular weight excluding hydrogens is 424 g/mol. The van der Waals surface area contributed by atoms with Crippen LogP contribution in [0, 0.1) is 6.92 Å². The molecule has 1 atom stereocenters. The van der Waals surface area contributed by atoms with Gasteiger partial charge in [0.05, 0.1) is 6.04 Å². The number of nitrogens with two attached hydrogens (primary N) is 1. The molecular formula is C29H36N2O3. The molecule has 5 heteroatoms. The van der Waals surface area contributed by atoms with Crippen LogP contribution in [0.5, 0.6) is 0 Å². The van der Waals surface area contributed by atoms with Crippen molar-refractivity contribution in [2.75, 3.05) is 19.5 Å². The van der Waals surface area contributed by atoms with Gasteiger partial charge in [-0.05, 0) is 60.2 Å². The van der Waals surface area contributed by atoms with Gasteiger partial charge in [0.2, 0.25) is 6.41 Å². The van der Waals surface area contributed by atoms with Crippen LogP contribution in [0.2, 0.25) is 0 Å². The van der Waals surface area contributed by atoms with Crippen LogP contribution >= 0.6 is 0 Å². The van der Waals surface area contributed by atoms with E-state index < -0.39 is 6.04 Å². The number of anilines is 1. The number of carbonyl (C=O) groups excluding carboxylic acids is 2. The Balaban J connectivity index is 2.64. The second kappa shape index (κ2) is 14.0. The summed E-state index contributed by atoms with van der Waals surface area (Å²) in [5.74, 6) is -0.209. The van der Waals surface area contributed by atoms with E-state index in [9.17, 15) is 9.59 Å². The molecule has 0 spiro atoms. The third-order valence-electron chi connectivity index (χ3n) is 5.56. The summed E-state index contributed by atoms with van der Waals surface area (Å²) in [4.78, 5) is 24.6. The van der Waals surface area contributed by atoms with Gasteiger partial charge >= 0.3 is 0 Å². The Morgan fingerprint density at radius 3 is 2.68 bits per heavy atom. The predicted octanol–water partition coefficient (Wildman–Crippen LogP) is 5.90. The second-order valence-corrected chi connectivity index (χ2v) is 8.29. The first-order valence-corrected chi connectivity index (χ1v) is 11.7. The molecule has 1 unspecified atom stereocenters. The smallest absolute Gasteiger partial charge is 0.207 e. The monoisotopic (exact) mass is 460 g/mol. The number of carbonyl (C=O) groups is 2. The number of aryl methyl sites for hydroxylation is 1. The van der Waals surface area contributed by atoms with Gasteiger partial charge in [0.25, 0.3) is 0 Å². The molecule has 3 N–H and O–H groups in total. The van der Waals surface area contributed by atoms with Crippen molar-refractivity contribution in [3.8, 4) is 0 Å². The number of amides is 1. The maximum absolute atomic E-state index is 13.2. The van der Waals surface area contributed by atoms with Gasteiger partial charge in [-0.25, -0.2) is 0 Å². The van der Waals surface area contributed by atoms with E-state index in [1.54, 1.807) is 18.2 Å². The van der Waals surface area contributed by atoms with Crippen molar-refractivity contribution >= 4 is 35.6 Å². The van der Waals surface area contributed by atoms with Gasteiger partial charge in [0.1, 0.15) is 6.61 Å². The average molecular weight is 461 g/mol. The van der Waals surface area contributed by atoms with Crippen molar-refractivity contribution in [2.24, 2.45) is 0 Å². The summed E-state index contributed by atoms with van der Waals surface area (Å²) in [5, 5.41) is 2.82. The van der Waals surface area contributed by atoms with Gasteiger partial charge < -0.3 is 15.8 Å². The number of ketones is 1. The van der Waals surface area contributed by atoms with Crippen molar-refractivity contribution < 1.29 is 14.3 Å². The molecule has 0 aromatic heterocycles. The standard InChI is InChI=1S/C29H36N2O3/c1-5-7-8-9-10-13-22-16-24(30)17-26(25(22)6-2)27(29(33)19-34-4)18-28(31-20-32)23-14-11-12-21(3)15-23/h6,10-18,20,28H,2,5,7-9,19,30H2,1,3-4H3,(H,31,32)/b13-10+,27-18-. The molecule has 0 aliphatic carbocycles. The highest BCUT2D eigenvalue weighted by Crippen LogP contribution is 2.31. The summed E-state index contributed by atoms with van der Waals surface area (Å²) in [5.41, 5.74) is 11.5. The van der Waals surface area contributed by atoms with E-state index in [0.29, 0.717) is 23.2 Å². The first-order valence-electron chi connectivity index (χ1n) is 11.7. The normalized spacial score (nSPS) is 12.5. The van der Waals surface area contributed by atoms with Crippen LogP contribution < -0.4 is 11.1 Å². The molecule has 0 saturated heterocycles. The van der Waals surface area contributed by atoms with Crippen LogP contribution in [0.3, 0.4) is 0 Å². The van der Waals surface area contributed by atoms with Gasteiger partial charge in [0, 0.05) is 18.4 Å². The molecule has 2 aromatic carbocycles. The number of methoxy groups -OCH3 is 1. The van der Waals surface area contributed by atoms with Gasteiger partial charge in [-0.15, -0.1) is 0 Å². The number of rotatable bonds is 14. The maximum atomic E-state index is 13.2. The van der Waals surface area contributed by atoms with Gasteiger partial charge in [-0.2, -0.15) is 0 Å². The number of unbranched alkanes of at least 4 members (excludes halogenated alkanes) is 3. The van der Waals surface area contributed by atoms with E-state index in [2.05, 4.69) is 24.9 Å². The van der Waals surface area contributed by atoms with Crippen molar-refractivity contribution in [1.82, 2.24) is 5.32 Å². The van der Waals surface area contributed by atoms with E-state index in [1.807, 2.05) is 43.3 Å². The summed E-state index contributed by atoms with van der Waals surface area (Å²) in [6, 6.07) is 11.0. The first-order chi connectivity index (χ1) is 16.4. The quantitative estimate of drug-likeness (QED) is 0.159. The van der Waals surface area contributed by atoms with E-state index in [-0.39, 0.29) is 12.4 Å². The van der Waals surface area contributed by atoms with Crippen LogP contribution in [0.1, 0.15) is 66.5 Å². The van der Waals surface area contributed by atoms with E-state index in [4.69, 9.17) is 10.5 Å². The van der Waals surface area contributed by atoms with Crippen LogP contribution in [0.25, 0.3) is 17.7 Å². The molecule has 180 valence electrons. The van der Waals surface area contributed by atoms with E-state index >= 15 is 0 Å². The molecule has 0 bridgehead atoms. The predicted molar refractivity (Wildman–Crippen MR) is 142 cm³/mol. The van der Waals surface area contributed by atoms with Crippen molar-refractivity contribution in [3.63, 3.8) is 0 Å². The van der Waals surface area contributed by atoms with E-state index in [1.165, 1.54) is 20.0 Å². The lowest BCUT2D eigenvalue weighted by atomic mass is 9.89. The molecule has 0 heterocycles. The number of hydrogen-bond donors (Lipinski definition) is 2. The van der Waals surface area contributed by atoms with Crippen molar-refractivity contribution in [2.45, 2.75) is 45.6 Å².